The van der Waals surface area contributed by atoms with Gasteiger partial charge in [0, 0.05) is 19.2 Å². The number of morpholine rings is 1. The SMILES string of the molecule is Cc1cc(CN=C(N)N2CCOC(C)C2)on1.I. The van der Waals surface area contributed by atoms with E-state index in [1.165, 1.54) is 0 Å². The molecule has 1 unspecified atom stereocenters. The standard InChI is InChI=1S/C11H18N4O2.HI/c1-8-5-10(17-14-8)6-13-11(12)15-3-4-16-9(2)7-15;/h5,9H,3-4,6-7H2,1-2H3,(H2,12,13);1H. The third-order valence-corrected chi connectivity index (χ3v) is 2.64. The van der Waals surface area contributed by atoms with Crippen LogP contribution in [-0.4, -0.2) is 41.8 Å². The van der Waals surface area contributed by atoms with Crippen LogP contribution >= 0.6 is 24.0 Å². The molecular formula is C11H19IN4O2. The Kier molecular flexibility index (Phi) is 5.86. The van der Waals surface area contributed by atoms with Crippen LogP contribution in [0.4, 0.5) is 0 Å². The first-order valence-electron chi connectivity index (χ1n) is 5.74. The predicted octanol–water partition coefficient (Wildman–Crippen LogP) is 1.14. The summed E-state index contributed by atoms with van der Waals surface area (Å²) in [5, 5.41) is 3.80. The number of rotatable bonds is 2. The van der Waals surface area contributed by atoms with E-state index in [9.17, 15) is 0 Å². The Hall–Kier alpha value is -0.830. The molecule has 0 spiro atoms. The smallest absolute Gasteiger partial charge is 0.191 e. The molecule has 0 aliphatic carbocycles. The summed E-state index contributed by atoms with van der Waals surface area (Å²) < 4.78 is 10.5. The molecule has 1 fully saturated rings. The molecule has 7 heteroatoms. The molecule has 2 rings (SSSR count). The van der Waals surface area contributed by atoms with E-state index in [4.69, 9.17) is 15.0 Å². The molecule has 0 radical (unpaired) electrons. The van der Waals surface area contributed by atoms with Gasteiger partial charge in [0.1, 0.15) is 6.54 Å². The van der Waals surface area contributed by atoms with Gasteiger partial charge in [-0.25, -0.2) is 4.99 Å². The number of aryl methyl sites for hydroxylation is 1. The molecule has 18 heavy (non-hydrogen) atoms. The monoisotopic (exact) mass is 366 g/mol. The van der Waals surface area contributed by atoms with Crippen LogP contribution in [0, 0.1) is 6.92 Å². The molecule has 1 aliphatic heterocycles. The number of nitrogens with two attached hydrogens (primary N) is 1. The fourth-order valence-electron chi connectivity index (χ4n) is 1.78. The van der Waals surface area contributed by atoms with Crippen LogP contribution in [0.1, 0.15) is 18.4 Å². The van der Waals surface area contributed by atoms with E-state index in [1.807, 2.05) is 24.8 Å². The minimum atomic E-state index is 0. The van der Waals surface area contributed by atoms with Crippen molar-refractivity contribution < 1.29 is 9.26 Å². The second-order valence-corrected chi connectivity index (χ2v) is 4.24. The van der Waals surface area contributed by atoms with Crippen molar-refractivity contribution >= 4 is 29.9 Å². The van der Waals surface area contributed by atoms with Gasteiger partial charge >= 0.3 is 0 Å². The van der Waals surface area contributed by atoms with Gasteiger partial charge in [-0.05, 0) is 13.8 Å². The average Bonchev–Trinajstić information content (AvgIpc) is 2.72. The Morgan fingerprint density at radius 3 is 3.06 bits per heavy atom. The van der Waals surface area contributed by atoms with Gasteiger partial charge in [0.2, 0.25) is 0 Å². The summed E-state index contributed by atoms with van der Waals surface area (Å²) in [4.78, 5) is 6.32. The van der Waals surface area contributed by atoms with Crippen LogP contribution in [-0.2, 0) is 11.3 Å². The number of hydrogen-bond donors (Lipinski definition) is 1. The molecule has 2 N–H and O–H groups in total. The van der Waals surface area contributed by atoms with Gasteiger partial charge in [-0.15, -0.1) is 24.0 Å². The van der Waals surface area contributed by atoms with Crippen LogP contribution in [0.5, 0.6) is 0 Å². The highest BCUT2D eigenvalue weighted by Crippen LogP contribution is 2.06. The molecule has 0 saturated carbocycles. The van der Waals surface area contributed by atoms with Gasteiger partial charge in [-0.3, -0.25) is 0 Å². The number of aliphatic imine (C=N–C) groups is 1. The fourth-order valence-corrected chi connectivity index (χ4v) is 1.78. The maximum atomic E-state index is 5.92. The van der Waals surface area contributed by atoms with E-state index < -0.39 is 0 Å². The lowest BCUT2D eigenvalue weighted by Gasteiger charge is -2.31. The Bertz CT molecular complexity index is 408. The first-order valence-corrected chi connectivity index (χ1v) is 5.74. The van der Waals surface area contributed by atoms with Crippen LogP contribution < -0.4 is 5.73 Å². The lowest BCUT2D eigenvalue weighted by molar-refractivity contribution is 0.00527. The third-order valence-electron chi connectivity index (χ3n) is 2.64. The molecule has 0 aromatic carbocycles. The highest BCUT2D eigenvalue weighted by Gasteiger charge is 2.17. The summed E-state index contributed by atoms with van der Waals surface area (Å²) >= 11 is 0. The van der Waals surface area contributed by atoms with Gasteiger partial charge in [0.15, 0.2) is 11.7 Å². The third kappa shape index (κ3) is 4.13. The molecule has 102 valence electrons. The highest BCUT2D eigenvalue weighted by atomic mass is 127. The summed E-state index contributed by atoms with van der Waals surface area (Å²) in [6.07, 6.45) is 0.199. The summed E-state index contributed by atoms with van der Waals surface area (Å²) in [7, 11) is 0. The van der Waals surface area contributed by atoms with Crippen LogP contribution in [0.3, 0.4) is 0 Å². The van der Waals surface area contributed by atoms with E-state index in [-0.39, 0.29) is 30.1 Å². The lowest BCUT2D eigenvalue weighted by Crippen LogP contribution is -2.47. The molecule has 2 heterocycles. The number of halogens is 1. The molecule has 1 aliphatic rings. The largest absolute Gasteiger partial charge is 0.375 e. The number of guanidine groups is 1. The molecular weight excluding hydrogens is 347 g/mol. The van der Waals surface area contributed by atoms with E-state index in [0.717, 1.165) is 24.5 Å². The molecule has 1 atom stereocenters. The second-order valence-electron chi connectivity index (χ2n) is 4.24. The van der Waals surface area contributed by atoms with Crippen molar-refractivity contribution in [3.8, 4) is 0 Å². The first kappa shape index (κ1) is 15.2. The molecule has 1 aromatic heterocycles. The fraction of sp³-hybridized carbons (Fsp3) is 0.636. The van der Waals surface area contributed by atoms with Crippen LogP contribution in [0.15, 0.2) is 15.6 Å². The maximum absolute atomic E-state index is 5.92. The molecule has 6 nitrogen and oxygen atoms in total. The van der Waals surface area contributed by atoms with Crippen LogP contribution in [0.2, 0.25) is 0 Å². The van der Waals surface area contributed by atoms with Gasteiger partial charge in [0.05, 0.1) is 18.4 Å². The lowest BCUT2D eigenvalue weighted by atomic mass is 10.3. The van der Waals surface area contributed by atoms with Gasteiger partial charge in [-0.2, -0.15) is 0 Å². The average molecular weight is 366 g/mol. The normalized spacial score (nSPS) is 20.7. The van der Waals surface area contributed by atoms with E-state index >= 15 is 0 Å². The van der Waals surface area contributed by atoms with Crippen molar-refractivity contribution in [2.24, 2.45) is 10.7 Å². The predicted molar refractivity (Wildman–Crippen MR) is 79.0 cm³/mol. The Morgan fingerprint density at radius 2 is 2.44 bits per heavy atom. The Balaban J connectivity index is 0.00000162. The summed E-state index contributed by atoms with van der Waals surface area (Å²) in [5.41, 5.74) is 6.78. The molecule has 1 saturated heterocycles. The highest BCUT2D eigenvalue weighted by molar-refractivity contribution is 14.0. The van der Waals surface area contributed by atoms with Gasteiger partial charge in [-0.1, -0.05) is 5.16 Å². The zero-order valence-electron chi connectivity index (χ0n) is 10.6. The Labute approximate surface area is 124 Å². The van der Waals surface area contributed by atoms with Gasteiger partial charge in [0.25, 0.3) is 0 Å². The molecule has 0 bridgehead atoms. The zero-order valence-corrected chi connectivity index (χ0v) is 13.0. The Morgan fingerprint density at radius 1 is 1.67 bits per heavy atom. The van der Waals surface area contributed by atoms with Crippen molar-refractivity contribution in [1.29, 1.82) is 0 Å². The number of ether oxygens (including phenoxy) is 1. The van der Waals surface area contributed by atoms with Crippen molar-refractivity contribution in [1.82, 2.24) is 10.1 Å². The van der Waals surface area contributed by atoms with Crippen molar-refractivity contribution in [3.63, 3.8) is 0 Å². The summed E-state index contributed by atoms with van der Waals surface area (Å²) in [6.45, 7) is 6.60. The van der Waals surface area contributed by atoms with Crippen molar-refractivity contribution in [2.75, 3.05) is 19.7 Å². The number of nitrogens with zero attached hydrogens (tertiary/aromatic N) is 3. The topological polar surface area (TPSA) is 76.9 Å². The quantitative estimate of drug-likeness (QED) is 0.483. The van der Waals surface area contributed by atoms with Crippen molar-refractivity contribution in [3.05, 3.63) is 17.5 Å². The van der Waals surface area contributed by atoms with E-state index in [0.29, 0.717) is 19.1 Å². The van der Waals surface area contributed by atoms with Crippen molar-refractivity contribution in [2.45, 2.75) is 26.5 Å². The zero-order chi connectivity index (χ0) is 12.3. The van der Waals surface area contributed by atoms with Crippen LogP contribution in [0.25, 0.3) is 0 Å². The van der Waals surface area contributed by atoms with E-state index in [1.54, 1.807) is 0 Å². The molecule has 1 aromatic rings. The minimum absolute atomic E-state index is 0. The second kappa shape index (κ2) is 6.93. The van der Waals surface area contributed by atoms with Gasteiger partial charge < -0.3 is 19.9 Å². The number of hydrogen-bond acceptors (Lipinski definition) is 4. The summed E-state index contributed by atoms with van der Waals surface area (Å²) in [5.74, 6) is 1.26. The minimum Gasteiger partial charge on any atom is -0.375 e. The first-order chi connectivity index (χ1) is 8.15. The summed E-state index contributed by atoms with van der Waals surface area (Å²) in [6, 6.07) is 1.86. The molecule has 0 amide bonds. The van der Waals surface area contributed by atoms with E-state index in [2.05, 4.69) is 10.1 Å². The number of aromatic nitrogens is 1. The maximum Gasteiger partial charge on any atom is 0.191 e.